The Balaban J connectivity index is 2.82. The number of nitrogens with two attached hydrogens (primary N) is 1. The van der Waals surface area contributed by atoms with Crippen molar-refractivity contribution in [3.8, 4) is 0 Å². The van der Waals surface area contributed by atoms with E-state index in [1.807, 2.05) is 0 Å². The lowest BCUT2D eigenvalue weighted by atomic mass is 10.0. The number of aliphatic hydroxyl groups is 2. The highest BCUT2D eigenvalue weighted by atomic mass is 35.5. The fourth-order valence-electron chi connectivity index (χ4n) is 1.51. The van der Waals surface area contributed by atoms with Gasteiger partial charge in [0.15, 0.2) is 0 Å². The third kappa shape index (κ3) is 3.09. The summed E-state index contributed by atoms with van der Waals surface area (Å²) < 4.78 is 0. The minimum absolute atomic E-state index is 0.371. The lowest BCUT2D eigenvalue weighted by Gasteiger charge is -2.20. The van der Waals surface area contributed by atoms with Crippen LogP contribution in [0.1, 0.15) is 18.1 Å². The van der Waals surface area contributed by atoms with Crippen LogP contribution >= 0.6 is 11.6 Å². The summed E-state index contributed by atoms with van der Waals surface area (Å²) >= 11 is 5.94. The van der Waals surface area contributed by atoms with Gasteiger partial charge in [0, 0.05) is 16.3 Å². The van der Waals surface area contributed by atoms with E-state index >= 15 is 0 Å². The predicted molar refractivity (Wildman–Crippen MR) is 65.4 cm³/mol. The molecule has 2 atom stereocenters. The molecule has 5 heteroatoms. The monoisotopic (exact) mass is 244 g/mol. The van der Waals surface area contributed by atoms with Crippen LogP contribution in [0.3, 0.4) is 0 Å². The topological polar surface area (TPSA) is 78.5 Å². The van der Waals surface area contributed by atoms with Gasteiger partial charge in [0.05, 0.1) is 6.10 Å². The lowest BCUT2D eigenvalue weighted by Crippen LogP contribution is -2.24. The highest BCUT2D eigenvalue weighted by Crippen LogP contribution is 2.31. The third-order valence-corrected chi connectivity index (χ3v) is 2.77. The van der Waals surface area contributed by atoms with Gasteiger partial charge in [-0.25, -0.2) is 0 Å². The van der Waals surface area contributed by atoms with Crippen LogP contribution in [0, 0.1) is 0 Å². The van der Waals surface area contributed by atoms with E-state index in [1.54, 1.807) is 25.2 Å². The van der Waals surface area contributed by atoms with Gasteiger partial charge in [0.1, 0.15) is 6.10 Å². The molecule has 0 aliphatic heterocycles. The minimum Gasteiger partial charge on any atom is -0.398 e. The van der Waals surface area contributed by atoms with Crippen molar-refractivity contribution >= 4 is 17.3 Å². The molecule has 0 heterocycles. The fourth-order valence-corrected chi connectivity index (χ4v) is 1.80. The van der Waals surface area contributed by atoms with Crippen molar-refractivity contribution in [2.45, 2.75) is 18.6 Å². The van der Waals surface area contributed by atoms with E-state index in [4.69, 9.17) is 17.3 Å². The number of nitrogens with one attached hydrogen (secondary N) is 1. The van der Waals surface area contributed by atoms with E-state index in [-0.39, 0.29) is 0 Å². The fraction of sp³-hybridized carbons (Fsp3) is 0.455. The van der Waals surface area contributed by atoms with Crippen molar-refractivity contribution in [1.29, 1.82) is 0 Å². The average molecular weight is 245 g/mol. The number of nitrogen functional groups attached to an aromatic ring is 1. The standard InChI is InChI=1S/C11H17ClN2O2/c1-14-6-5-9(15)11(16)10-7(12)3-2-4-8(10)13/h2-4,9,11,14-16H,5-6,13H2,1H3. The van der Waals surface area contributed by atoms with Crippen molar-refractivity contribution in [1.82, 2.24) is 5.32 Å². The SMILES string of the molecule is CNCCC(O)C(O)c1c(N)cccc1Cl. The van der Waals surface area contributed by atoms with E-state index in [2.05, 4.69) is 5.32 Å². The maximum Gasteiger partial charge on any atom is 0.108 e. The molecule has 0 saturated carbocycles. The summed E-state index contributed by atoms with van der Waals surface area (Å²) in [6, 6.07) is 4.99. The van der Waals surface area contributed by atoms with E-state index in [9.17, 15) is 10.2 Å². The van der Waals surface area contributed by atoms with Crippen LogP contribution in [-0.2, 0) is 0 Å². The Morgan fingerprint density at radius 2 is 2.12 bits per heavy atom. The molecule has 0 radical (unpaired) electrons. The van der Waals surface area contributed by atoms with Gasteiger partial charge in [-0.3, -0.25) is 0 Å². The number of anilines is 1. The summed E-state index contributed by atoms with van der Waals surface area (Å²) in [4.78, 5) is 0. The summed E-state index contributed by atoms with van der Waals surface area (Å²) in [5.74, 6) is 0. The van der Waals surface area contributed by atoms with Gasteiger partial charge < -0.3 is 21.3 Å². The molecule has 16 heavy (non-hydrogen) atoms. The molecule has 0 aliphatic rings. The number of hydrogen-bond donors (Lipinski definition) is 4. The Bertz CT molecular complexity index is 327. The van der Waals surface area contributed by atoms with Crippen LogP contribution < -0.4 is 11.1 Å². The van der Waals surface area contributed by atoms with Crippen LogP contribution in [-0.4, -0.2) is 29.9 Å². The number of rotatable bonds is 5. The maximum absolute atomic E-state index is 9.94. The molecule has 1 rings (SSSR count). The maximum atomic E-state index is 9.94. The van der Waals surface area contributed by atoms with Crippen molar-refractivity contribution in [2.75, 3.05) is 19.3 Å². The zero-order valence-electron chi connectivity index (χ0n) is 9.15. The summed E-state index contributed by atoms with van der Waals surface area (Å²) in [6.45, 7) is 0.614. The molecule has 0 bridgehead atoms. The molecule has 4 nitrogen and oxygen atoms in total. The molecule has 0 aliphatic carbocycles. The zero-order valence-corrected chi connectivity index (χ0v) is 9.91. The molecular weight excluding hydrogens is 228 g/mol. The zero-order chi connectivity index (χ0) is 12.1. The van der Waals surface area contributed by atoms with Crippen LogP contribution in [0.4, 0.5) is 5.69 Å². The molecule has 0 fully saturated rings. The highest BCUT2D eigenvalue weighted by Gasteiger charge is 2.22. The van der Waals surface area contributed by atoms with Gasteiger partial charge in [-0.2, -0.15) is 0 Å². The van der Waals surface area contributed by atoms with Crippen LogP contribution in [0.25, 0.3) is 0 Å². The van der Waals surface area contributed by atoms with E-state index in [1.165, 1.54) is 0 Å². The van der Waals surface area contributed by atoms with E-state index in [0.717, 1.165) is 0 Å². The first-order valence-electron chi connectivity index (χ1n) is 5.12. The molecule has 0 aromatic heterocycles. The second kappa shape index (κ2) is 6.06. The van der Waals surface area contributed by atoms with Gasteiger partial charge in [0.2, 0.25) is 0 Å². The first-order valence-corrected chi connectivity index (χ1v) is 5.50. The summed E-state index contributed by atoms with van der Waals surface area (Å²) in [7, 11) is 1.78. The van der Waals surface area contributed by atoms with E-state index < -0.39 is 12.2 Å². The Kier molecular flexibility index (Phi) is 5.02. The summed E-state index contributed by atoms with van der Waals surface area (Å²) in [5.41, 5.74) is 6.51. The van der Waals surface area contributed by atoms with Gasteiger partial charge in [0.25, 0.3) is 0 Å². The van der Waals surface area contributed by atoms with Gasteiger partial charge in [-0.1, -0.05) is 17.7 Å². The number of halogens is 1. The smallest absolute Gasteiger partial charge is 0.108 e. The van der Waals surface area contributed by atoms with Crippen molar-refractivity contribution in [3.05, 3.63) is 28.8 Å². The first-order chi connectivity index (χ1) is 7.57. The van der Waals surface area contributed by atoms with Gasteiger partial charge in [-0.15, -0.1) is 0 Å². The van der Waals surface area contributed by atoms with Crippen LogP contribution in [0.2, 0.25) is 5.02 Å². The normalized spacial score (nSPS) is 14.8. The summed E-state index contributed by atoms with van der Waals surface area (Å²) in [6.07, 6.45) is -1.50. The quantitative estimate of drug-likeness (QED) is 0.581. The molecule has 5 N–H and O–H groups in total. The Hall–Kier alpha value is -0.810. The van der Waals surface area contributed by atoms with Crippen molar-refractivity contribution in [3.63, 3.8) is 0 Å². The van der Waals surface area contributed by atoms with Crippen LogP contribution in [0.15, 0.2) is 18.2 Å². The molecular formula is C11H17ClN2O2. The molecule has 1 aromatic rings. The van der Waals surface area contributed by atoms with Crippen LogP contribution in [0.5, 0.6) is 0 Å². The van der Waals surface area contributed by atoms with Gasteiger partial charge in [-0.05, 0) is 32.1 Å². The Morgan fingerprint density at radius 1 is 1.44 bits per heavy atom. The molecule has 0 spiro atoms. The molecule has 0 amide bonds. The Morgan fingerprint density at radius 3 is 2.69 bits per heavy atom. The number of aliphatic hydroxyl groups excluding tert-OH is 2. The third-order valence-electron chi connectivity index (χ3n) is 2.44. The number of benzene rings is 1. The molecule has 0 saturated heterocycles. The molecule has 90 valence electrons. The first kappa shape index (κ1) is 13.3. The second-order valence-corrected chi connectivity index (χ2v) is 4.05. The minimum atomic E-state index is -1.05. The van der Waals surface area contributed by atoms with Crippen molar-refractivity contribution < 1.29 is 10.2 Å². The molecule has 2 unspecified atom stereocenters. The van der Waals surface area contributed by atoms with Crippen molar-refractivity contribution in [2.24, 2.45) is 0 Å². The molecule has 1 aromatic carbocycles. The summed E-state index contributed by atoms with van der Waals surface area (Å²) in [5, 5.41) is 23.0. The lowest BCUT2D eigenvalue weighted by molar-refractivity contribution is 0.0145. The predicted octanol–water partition coefficient (Wildman–Crippen LogP) is 0.926. The largest absolute Gasteiger partial charge is 0.398 e. The van der Waals surface area contributed by atoms with Gasteiger partial charge >= 0.3 is 0 Å². The Labute approximate surface area is 100 Å². The second-order valence-electron chi connectivity index (χ2n) is 3.65. The number of hydrogen-bond acceptors (Lipinski definition) is 4. The van der Waals surface area contributed by atoms with E-state index in [0.29, 0.717) is 29.2 Å². The average Bonchev–Trinajstić information content (AvgIpc) is 2.25. The highest BCUT2D eigenvalue weighted by molar-refractivity contribution is 6.31.